The maximum absolute atomic E-state index is 9.66. The van der Waals surface area contributed by atoms with Crippen molar-refractivity contribution in [3.63, 3.8) is 0 Å². The average molecular weight is 343 g/mol. The maximum Gasteiger partial charge on any atom is 0.492 e. The molecule has 0 aliphatic carbocycles. The highest BCUT2D eigenvalue weighted by molar-refractivity contribution is 7.98. The highest BCUT2D eigenvalue weighted by Gasteiger charge is 2.52. The van der Waals surface area contributed by atoms with Gasteiger partial charge in [-0.2, -0.15) is 0 Å². The zero-order valence-electron chi connectivity index (χ0n) is 13.4. The quantitative estimate of drug-likeness (QED) is 0.393. The van der Waals surface area contributed by atoms with Crippen LogP contribution in [-0.4, -0.2) is 46.3 Å². The molecule has 0 bridgehead atoms. The minimum absolute atomic E-state index is 0.197. The maximum atomic E-state index is 9.66. The molecule has 2 rings (SSSR count). The molecule has 0 radical (unpaired) electrons. The summed E-state index contributed by atoms with van der Waals surface area (Å²) in [5, 5.41) is 10.6. The lowest BCUT2D eigenvalue weighted by atomic mass is 9.78. The second-order valence-electron chi connectivity index (χ2n) is 6.07. The van der Waals surface area contributed by atoms with Gasteiger partial charge in [-0.15, -0.1) is 0 Å². The van der Waals surface area contributed by atoms with Crippen LogP contribution in [0.3, 0.4) is 0 Å². The standard InChI is InChI=1S/C14H20BClN2O3S/c1-13(2)14(3,4)21-15(20-13)10(8-19)6-9-7-17-12(22-5)18-11(9)16/h6-7,19H,8H2,1-5H3. The van der Waals surface area contributed by atoms with Gasteiger partial charge in [-0.25, -0.2) is 9.97 Å². The van der Waals surface area contributed by atoms with Crippen molar-refractivity contribution >= 4 is 36.6 Å². The topological polar surface area (TPSA) is 64.5 Å². The highest BCUT2D eigenvalue weighted by atomic mass is 35.5. The summed E-state index contributed by atoms with van der Waals surface area (Å²) in [7, 11) is -0.619. The van der Waals surface area contributed by atoms with Crippen LogP contribution in [0.25, 0.3) is 6.08 Å². The van der Waals surface area contributed by atoms with Crippen molar-refractivity contribution in [2.45, 2.75) is 44.1 Å². The fraction of sp³-hybridized carbons (Fsp3) is 0.571. The van der Waals surface area contributed by atoms with E-state index in [0.717, 1.165) is 0 Å². The Kier molecular flexibility index (Phi) is 5.24. The fourth-order valence-electron chi connectivity index (χ4n) is 1.93. The molecule has 1 N–H and O–H groups in total. The summed E-state index contributed by atoms with van der Waals surface area (Å²) < 4.78 is 11.9. The molecule has 0 aromatic carbocycles. The van der Waals surface area contributed by atoms with Crippen LogP contribution in [-0.2, 0) is 9.31 Å². The van der Waals surface area contributed by atoms with Gasteiger partial charge in [-0.3, -0.25) is 0 Å². The van der Waals surface area contributed by atoms with E-state index in [1.54, 1.807) is 12.3 Å². The summed E-state index contributed by atoms with van der Waals surface area (Å²) in [6.07, 6.45) is 5.22. The smallest absolute Gasteiger partial charge is 0.400 e. The van der Waals surface area contributed by atoms with E-state index in [1.165, 1.54) is 11.8 Å². The largest absolute Gasteiger partial charge is 0.492 e. The van der Waals surface area contributed by atoms with Crippen molar-refractivity contribution in [3.8, 4) is 0 Å². The number of hydrogen-bond donors (Lipinski definition) is 1. The van der Waals surface area contributed by atoms with Crippen LogP contribution in [0.5, 0.6) is 0 Å². The minimum atomic E-state index is -0.619. The normalized spacial score (nSPS) is 20.5. The summed E-state index contributed by atoms with van der Waals surface area (Å²) >= 11 is 7.57. The van der Waals surface area contributed by atoms with Gasteiger partial charge in [0.15, 0.2) is 5.16 Å². The number of nitrogens with zero attached hydrogens (tertiary/aromatic N) is 2. The third-order valence-electron chi connectivity index (χ3n) is 4.01. The molecule has 1 saturated heterocycles. The van der Waals surface area contributed by atoms with E-state index in [2.05, 4.69) is 9.97 Å². The van der Waals surface area contributed by atoms with Gasteiger partial charge >= 0.3 is 7.12 Å². The van der Waals surface area contributed by atoms with E-state index in [0.29, 0.717) is 21.3 Å². The molecule has 1 aliphatic rings. The molecule has 0 atom stereocenters. The molecule has 0 saturated carbocycles. The number of halogens is 1. The number of rotatable bonds is 4. The van der Waals surface area contributed by atoms with Crippen molar-refractivity contribution < 1.29 is 14.4 Å². The summed E-state index contributed by atoms with van der Waals surface area (Å²) in [6, 6.07) is 0. The van der Waals surface area contributed by atoms with E-state index >= 15 is 0 Å². The molecule has 0 amide bonds. The van der Waals surface area contributed by atoms with Crippen molar-refractivity contribution in [2.24, 2.45) is 0 Å². The van der Waals surface area contributed by atoms with Crippen LogP contribution >= 0.6 is 23.4 Å². The first-order chi connectivity index (χ1) is 10.2. The molecule has 22 heavy (non-hydrogen) atoms. The number of thioether (sulfide) groups is 1. The van der Waals surface area contributed by atoms with Crippen LogP contribution in [0.4, 0.5) is 0 Å². The number of aliphatic hydroxyl groups is 1. The first-order valence-electron chi connectivity index (χ1n) is 6.93. The number of aliphatic hydroxyl groups excluding tert-OH is 1. The number of hydrogen-bond acceptors (Lipinski definition) is 6. The summed E-state index contributed by atoms with van der Waals surface area (Å²) in [6.45, 7) is 7.66. The molecule has 1 aromatic rings. The van der Waals surface area contributed by atoms with E-state index in [-0.39, 0.29) is 6.61 Å². The van der Waals surface area contributed by atoms with Crippen LogP contribution in [0.15, 0.2) is 16.8 Å². The monoisotopic (exact) mass is 342 g/mol. The lowest BCUT2D eigenvalue weighted by molar-refractivity contribution is 0.00578. The molecule has 5 nitrogen and oxygen atoms in total. The van der Waals surface area contributed by atoms with Gasteiger partial charge in [0, 0.05) is 11.8 Å². The Balaban J connectivity index is 2.29. The molecule has 1 aromatic heterocycles. The van der Waals surface area contributed by atoms with Crippen LogP contribution < -0.4 is 0 Å². The third-order valence-corrected chi connectivity index (χ3v) is 4.87. The Morgan fingerprint density at radius 3 is 2.41 bits per heavy atom. The van der Waals surface area contributed by atoms with E-state index in [4.69, 9.17) is 20.9 Å². The Labute approximate surface area is 140 Å². The molecule has 8 heteroatoms. The molecule has 0 spiro atoms. The zero-order chi connectivity index (χ0) is 16.5. The average Bonchev–Trinajstić information content (AvgIpc) is 2.65. The third kappa shape index (κ3) is 3.49. The molecular formula is C14H20BClN2O3S. The Morgan fingerprint density at radius 1 is 1.36 bits per heavy atom. The Morgan fingerprint density at radius 2 is 1.95 bits per heavy atom. The highest BCUT2D eigenvalue weighted by Crippen LogP contribution is 2.38. The van der Waals surface area contributed by atoms with E-state index in [1.807, 2.05) is 34.0 Å². The molecule has 0 unspecified atom stereocenters. The van der Waals surface area contributed by atoms with Gasteiger partial charge in [0.1, 0.15) is 5.15 Å². The molecule has 2 heterocycles. The SMILES string of the molecule is CSc1ncc(C=C(CO)B2OC(C)(C)C(C)(C)O2)c(Cl)n1. The minimum Gasteiger partial charge on any atom is -0.400 e. The fourth-order valence-corrected chi connectivity index (χ4v) is 2.51. The van der Waals surface area contributed by atoms with E-state index < -0.39 is 18.3 Å². The lowest BCUT2D eigenvalue weighted by Gasteiger charge is -2.32. The summed E-state index contributed by atoms with van der Waals surface area (Å²) in [5.74, 6) is 0. The van der Waals surface area contributed by atoms with Gasteiger partial charge in [0.05, 0.1) is 17.8 Å². The van der Waals surface area contributed by atoms with Crippen molar-refractivity contribution in [2.75, 3.05) is 12.9 Å². The van der Waals surface area contributed by atoms with Gasteiger partial charge in [0.2, 0.25) is 0 Å². The second-order valence-corrected chi connectivity index (χ2v) is 7.20. The predicted molar refractivity (Wildman–Crippen MR) is 90.0 cm³/mol. The summed E-state index contributed by atoms with van der Waals surface area (Å²) in [5.41, 5.74) is 0.281. The van der Waals surface area contributed by atoms with Gasteiger partial charge < -0.3 is 14.4 Å². The Bertz CT molecular complexity index is 579. The van der Waals surface area contributed by atoms with Gasteiger partial charge in [-0.1, -0.05) is 29.4 Å². The van der Waals surface area contributed by atoms with Gasteiger partial charge in [-0.05, 0) is 39.4 Å². The van der Waals surface area contributed by atoms with Crippen LogP contribution in [0.2, 0.25) is 5.15 Å². The number of aromatic nitrogens is 2. The van der Waals surface area contributed by atoms with Crippen molar-refractivity contribution in [3.05, 3.63) is 22.4 Å². The van der Waals surface area contributed by atoms with Gasteiger partial charge in [0.25, 0.3) is 0 Å². The first kappa shape index (κ1) is 17.8. The van der Waals surface area contributed by atoms with Crippen molar-refractivity contribution in [1.82, 2.24) is 9.97 Å². The van der Waals surface area contributed by atoms with E-state index in [9.17, 15) is 5.11 Å². The first-order valence-corrected chi connectivity index (χ1v) is 8.54. The molecular weight excluding hydrogens is 322 g/mol. The molecule has 1 aliphatic heterocycles. The summed E-state index contributed by atoms with van der Waals surface area (Å²) in [4.78, 5) is 8.36. The van der Waals surface area contributed by atoms with Crippen LogP contribution in [0.1, 0.15) is 33.3 Å². The predicted octanol–water partition coefficient (Wildman–Crippen LogP) is 2.86. The molecule has 1 fully saturated rings. The lowest BCUT2D eigenvalue weighted by Crippen LogP contribution is -2.41. The van der Waals surface area contributed by atoms with Crippen molar-refractivity contribution in [1.29, 1.82) is 0 Å². The van der Waals surface area contributed by atoms with Crippen LogP contribution in [0, 0.1) is 0 Å². The molecule has 120 valence electrons. The zero-order valence-corrected chi connectivity index (χ0v) is 15.0. The second kappa shape index (κ2) is 6.49. The Hall–Kier alpha value is -0.595.